The van der Waals surface area contributed by atoms with Crippen LogP contribution in [0.25, 0.3) is 76.7 Å². The van der Waals surface area contributed by atoms with E-state index < -0.39 is 0 Å². The number of rotatable bonds is 2. The number of nitrogens with zero attached hydrogens (tertiary/aromatic N) is 2. The van der Waals surface area contributed by atoms with Crippen molar-refractivity contribution in [3.63, 3.8) is 0 Å². The van der Waals surface area contributed by atoms with Crippen LogP contribution in [0.4, 0.5) is 0 Å². The molecule has 9 aromatic rings. The Morgan fingerprint density at radius 1 is 0.415 bits per heavy atom. The molecule has 0 amide bonds. The van der Waals surface area contributed by atoms with Gasteiger partial charge in [-0.2, -0.15) is 0 Å². The van der Waals surface area contributed by atoms with Crippen molar-refractivity contribution < 1.29 is 0 Å². The van der Waals surface area contributed by atoms with Gasteiger partial charge in [-0.15, -0.1) is 0 Å². The lowest BCUT2D eigenvalue weighted by Gasteiger charge is -2.10. The molecule has 4 nitrogen and oxygen atoms in total. The van der Waals surface area contributed by atoms with Crippen LogP contribution >= 0.6 is 0 Å². The van der Waals surface area contributed by atoms with Crippen LogP contribution in [0, 0.1) is 0 Å². The molecule has 0 radical (unpaired) electrons. The number of aromatic amines is 1. The van der Waals surface area contributed by atoms with Crippen LogP contribution in [0.15, 0.2) is 138 Å². The molecule has 1 N–H and O–H groups in total. The minimum atomic E-state index is -0.0762. The summed E-state index contributed by atoms with van der Waals surface area (Å²) in [5, 5.41) is 7.32. The first-order valence-corrected chi connectivity index (χ1v) is 13.8. The van der Waals surface area contributed by atoms with Gasteiger partial charge in [-0.25, -0.2) is 0 Å². The quantitative estimate of drug-likeness (QED) is 0.225. The molecular formula is C37H23N3O. The molecule has 41 heavy (non-hydrogen) atoms. The lowest BCUT2D eigenvalue weighted by atomic mass is 9.99. The van der Waals surface area contributed by atoms with Gasteiger partial charge in [0, 0.05) is 49.1 Å². The Morgan fingerprint density at radius 3 is 1.71 bits per heavy atom. The number of benzene rings is 6. The Kier molecular flexibility index (Phi) is 4.44. The van der Waals surface area contributed by atoms with Crippen LogP contribution in [0.5, 0.6) is 0 Å². The van der Waals surface area contributed by atoms with Gasteiger partial charge in [0.25, 0.3) is 5.56 Å². The van der Waals surface area contributed by atoms with Crippen molar-refractivity contribution in [3.05, 3.63) is 144 Å². The number of nitrogens with one attached hydrogen (secondary N) is 1. The Balaban J connectivity index is 1.51. The topological polar surface area (TPSA) is 42.7 Å². The zero-order chi connectivity index (χ0) is 27.1. The van der Waals surface area contributed by atoms with Gasteiger partial charge in [-0.3, -0.25) is 4.79 Å². The van der Waals surface area contributed by atoms with Crippen molar-refractivity contribution in [1.82, 2.24) is 14.1 Å². The summed E-state index contributed by atoms with van der Waals surface area (Å²) >= 11 is 0. The van der Waals surface area contributed by atoms with Crippen LogP contribution in [-0.2, 0) is 0 Å². The second kappa shape index (κ2) is 8.20. The van der Waals surface area contributed by atoms with E-state index in [0.29, 0.717) is 5.39 Å². The van der Waals surface area contributed by atoms with Crippen molar-refractivity contribution in [1.29, 1.82) is 0 Å². The van der Waals surface area contributed by atoms with E-state index in [1.807, 2.05) is 18.2 Å². The van der Waals surface area contributed by atoms with E-state index in [9.17, 15) is 4.79 Å². The fourth-order valence-corrected chi connectivity index (χ4v) is 6.75. The molecular weight excluding hydrogens is 502 g/mol. The largest absolute Gasteiger partial charge is 0.321 e. The number of para-hydroxylation sites is 4. The molecule has 0 saturated carbocycles. The average Bonchev–Trinajstić information content (AvgIpc) is 3.53. The maximum atomic E-state index is 13.6. The van der Waals surface area contributed by atoms with Crippen molar-refractivity contribution >= 4 is 65.3 Å². The van der Waals surface area contributed by atoms with Crippen molar-refractivity contribution in [2.75, 3.05) is 0 Å². The fourth-order valence-electron chi connectivity index (χ4n) is 6.75. The highest BCUT2D eigenvalue weighted by Crippen LogP contribution is 2.41. The third kappa shape index (κ3) is 3.02. The van der Waals surface area contributed by atoms with Gasteiger partial charge in [-0.05, 0) is 60.7 Å². The minimum Gasteiger partial charge on any atom is -0.321 e. The van der Waals surface area contributed by atoms with E-state index in [1.54, 1.807) is 0 Å². The summed E-state index contributed by atoms with van der Waals surface area (Å²) in [5.41, 5.74) is 7.36. The highest BCUT2D eigenvalue weighted by Gasteiger charge is 2.20. The lowest BCUT2D eigenvalue weighted by molar-refractivity contribution is 1.18. The van der Waals surface area contributed by atoms with E-state index >= 15 is 0 Å². The van der Waals surface area contributed by atoms with E-state index in [-0.39, 0.29) is 5.56 Å². The first kappa shape index (κ1) is 22.2. The highest BCUT2D eigenvalue weighted by atomic mass is 16.1. The van der Waals surface area contributed by atoms with Gasteiger partial charge in [0.15, 0.2) is 0 Å². The summed E-state index contributed by atoms with van der Waals surface area (Å²) in [4.78, 5) is 16.9. The molecule has 0 aliphatic rings. The summed E-state index contributed by atoms with van der Waals surface area (Å²) in [5.74, 6) is 0. The molecule has 4 heteroatoms. The summed E-state index contributed by atoms with van der Waals surface area (Å²) in [7, 11) is 0. The molecule has 0 fully saturated rings. The Hall–Kier alpha value is -5.61. The third-order valence-electron chi connectivity index (χ3n) is 8.44. The predicted molar refractivity (Wildman–Crippen MR) is 171 cm³/mol. The summed E-state index contributed by atoms with van der Waals surface area (Å²) < 4.78 is 4.59. The molecule has 0 aliphatic heterocycles. The first-order chi connectivity index (χ1) is 20.3. The molecule has 0 spiro atoms. The van der Waals surface area contributed by atoms with Crippen LogP contribution in [0.3, 0.4) is 0 Å². The minimum absolute atomic E-state index is 0.0762. The smallest absolute Gasteiger partial charge is 0.256 e. The van der Waals surface area contributed by atoms with Crippen molar-refractivity contribution in [2.45, 2.75) is 0 Å². The standard InChI is InChI=1S/C37H23N3O/c41-37-27-19-20-33-36(26-16-8-10-18-32(26)39(33)23-11-3-1-4-12-23)35(27)29-21-28-25-15-7-9-17-31(25)40(24-13-5-2-6-14-24)34(28)22-30(29)38-37/h1-22H,(H,38,41). The van der Waals surface area contributed by atoms with Gasteiger partial charge in [0.1, 0.15) is 0 Å². The lowest BCUT2D eigenvalue weighted by Crippen LogP contribution is -2.06. The summed E-state index contributed by atoms with van der Waals surface area (Å²) in [6.07, 6.45) is 0. The maximum absolute atomic E-state index is 13.6. The van der Waals surface area contributed by atoms with Gasteiger partial charge < -0.3 is 14.1 Å². The normalized spacial score (nSPS) is 12.0. The summed E-state index contributed by atoms with van der Waals surface area (Å²) in [6, 6.07) is 46.4. The number of pyridine rings is 1. The molecule has 3 aromatic heterocycles. The van der Waals surface area contributed by atoms with E-state index in [2.05, 4.69) is 129 Å². The number of H-pyrrole nitrogens is 1. The van der Waals surface area contributed by atoms with E-state index in [4.69, 9.17) is 0 Å². The third-order valence-corrected chi connectivity index (χ3v) is 8.44. The molecule has 192 valence electrons. The average molecular weight is 526 g/mol. The molecule has 9 rings (SSSR count). The highest BCUT2D eigenvalue weighted by molar-refractivity contribution is 6.29. The second-order valence-corrected chi connectivity index (χ2v) is 10.6. The number of aromatic nitrogens is 3. The monoisotopic (exact) mass is 525 g/mol. The van der Waals surface area contributed by atoms with Gasteiger partial charge in [0.2, 0.25) is 0 Å². The van der Waals surface area contributed by atoms with Gasteiger partial charge >= 0.3 is 0 Å². The van der Waals surface area contributed by atoms with Crippen LogP contribution in [0.1, 0.15) is 0 Å². The fraction of sp³-hybridized carbons (Fsp3) is 0. The van der Waals surface area contributed by atoms with Gasteiger partial charge in [0.05, 0.1) is 27.6 Å². The van der Waals surface area contributed by atoms with Crippen molar-refractivity contribution in [2.24, 2.45) is 0 Å². The van der Waals surface area contributed by atoms with Crippen molar-refractivity contribution in [3.8, 4) is 11.4 Å². The molecule has 3 heterocycles. The Labute approximate surface area is 234 Å². The van der Waals surface area contributed by atoms with E-state index in [0.717, 1.165) is 65.9 Å². The Bertz CT molecular complexity index is 2530. The molecule has 0 saturated heterocycles. The molecule has 6 aromatic carbocycles. The van der Waals surface area contributed by atoms with E-state index in [1.165, 1.54) is 5.39 Å². The zero-order valence-electron chi connectivity index (χ0n) is 22.0. The van der Waals surface area contributed by atoms with Crippen LogP contribution in [-0.4, -0.2) is 14.1 Å². The molecule has 0 unspecified atom stereocenters. The number of hydrogen-bond donors (Lipinski definition) is 1. The van der Waals surface area contributed by atoms with Crippen LogP contribution in [0.2, 0.25) is 0 Å². The Morgan fingerprint density at radius 2 is 1.00 bits per heavy atom. The van der Waals surface area contributed by atoms with Crippen LogP contribution < -0.4 is 5.56 Å². The predicted octanol–water partition coefficient (Wildman–Crippen LogP) is 8.88. The molecule has 0 atom stereocenters. The summed E-state index contributed by atoms with van der Waals surface area (Å²) in [6.45, 7) is 0. The van der Waals surface area contributed by atoms with Gasteiger partial charge in [-0.1, -0.05) is 72.8 Å². The number of hydrogen-bond acceptors (Lipinski definition) is 1. The molecule has 0 bridgehead atoms. The first-order valence-electron chi connectivity index (χ1n) is 13.8. The molecule has 0 aliphatic carbocycles. The number of fused-ring (bicyclic) bond motifs is 10. The maximum Gasteiger partial charge on any atom is 0.256 e. The SMILES string of the molecule is O=c1[nH]c2cc3c(cc2c2c1ccc1c2c2ccccc2n1-c1ccccc1)c1ccccc1n3-c1ccccc1. The zero-order valence-corrected chi connectivity index (χ0v) is 22.0. The second-order valence-electron chi connectivity index (χ2n) is 10.6.